The fraction of sp³-hybridized carbons (Fsp3) is 0.688. The molecule has 1 saturated heterocycles. The van der Waals surface area contributed by atoms with Crippen LogP contribution in [0.1, 0.15) is 44.7 Å². The number of likely N-dealkylation sites (tertiary alicyclic amines) is 1. The minimum absolute atomic E-state index is 0.141. The second-order valence-electron chi connectivity index (χ2n) is 6.80. The van der Waals surface area contributed by atoms with Crippen molar-refractivity contribution in [2.24, 2.45) is 5.16 Å². The van der Waals surface area contributed by atoms with Crippen molar-refractivity contribution in [3.63, 3.8) is 0 Å². The smallest absolute Gasteiger partial charge is 0.268 e. The molecule has 2 aliphatic rings. The summed E-state index contributed by atoms with van der Waals surface area (Å²) in [5.74, 6) is -0.141. The first-order chi connectivity index (χ1) is 11.0. The van der Waals surface area contributed by atoms with Crippen LogP contribution in [0.25, 0.3) is 0 Å². The highest BCUT2D eigenvalue weighted by atomic mass is 16.7. The van der Waals surface area contributed by atoms with Crippen LogP contribution >= 0.6 is 0 Å². The van der Waals surface area contributed by atoms with Gasteiger partial charge in [-0.1, -0.05) is 5.16 Å². The van der Waals surface area contributed by atoms with E-state index < -0.39 is 0 Å². The summed E-state index contributed by atoms with van der Waals surface area (Å²) < 4.78 is 1.98. The van der Waals surface area contributed by atoms with Gasteiger partial charge in [0.15, 0.2) is 5.60 Å². The Bertz CT molecular complexity index is 609. The van der Waals surface area contributed by atoms with Gasteiger partial charge in [-0.3, -0.25) is 14.4 Å². The fourth-order valence-corrected chi connectivity index (χ4v) is 3.33. The maximum Gasteiger partial charge on any atom is 0.268 e. The first kappa shape index (κ1) is 16.0. The van der Waals surface area contributed by atoms with E-state index in [9.17, 15) is 4.79 Å². The average molecular weight is 319 g/mol. The van der Waals surface area contributed by atoms with E-state index in [1.165, 1.54) is 5.56 Å². The minimum atomic E-state index is -0.339. The summed E-state index contributed by atoms with van der Waals surface area (Å²) >= 11 is 0. The number of amides is 1. The van der Waals surface area contributed by atoms with Gasteiger partial charge < -0.3 is 10.2 Å². The van der Waals surface area contributed by atoms with Crippen LogP contribution < -0.4 is 5.32 Å². The van der Waals surface area contributed by atoms with Crippen LogP contribution in [0.2, 0.25) is 0 Å². The van der Waals surface area contributed by atoms with Crippen LogP contribution in [0.3, 0.4) is 0 Å². The number of hydrogen-bond acceptors (Lipinski definition) is 5. The number of oxime groups is 1. The Kier molecular flexibility index (Phi) is 4.39. The molecule has 1 aromatic rings. The molecule has 23 heavy (non-hydrogen) atoms. The highest BCUT2D eigenvalue weighted by Crippen LogP contribution is 2.34. The van der Waals surface area contributed by atoms with Gasteiger partial charge in [-0.2, -0.15) is 5.10 Å². The number of piperidine rings is 1. The highest BCUT2D eigenvalue weighted by molar-refractivity contribution is 6.39. The molecule has 0 aromatic carbocycles. The Morgan fingerprint density at radius 1 is 1.52 bits per heavy atom. The van der Waals surface area contributed by atoms with Gasteiger partial charge in [-0.15, -0.1) is 0 Å². The summed E-state index contributed by atoms with van der Waals surface area (Å²) in [7, 11) is 1.62. The molecule has 0 aliphatic carbocycles. The maximum absolute atomic E-state index is 11.7. The van der Waals surface area contributed by atoms with Crippen molar-refractivity contribution >= 4 is 11.6 Å². The van der Waals surface area contributed by atoms with Crippen LogP contribution in [-0.2, 0) is 16.2 Å². The Labute approximate surface area is 136 Å². The van der Waals surface area contributed by atoms with E-state index in [0.29, 0.717) is 18.2 Å². The van der Waals surface area contributed by atoms with Crippen molar-refractivity contribution in [1.82, 2.24) is 20.0 Å². The summed E-state index contributed by atoms with van der Waals surface area (Å²) in [6, 6.07) is 0.373. The fourth-order valence-electron chi connectivity index (χ4n) is 3.33. The molecule has 7 nitrogen and oxygen atoms in total. The quantitative estimate of drug-likeness (QED) is 0.908. The van der Waals surface area contributed by atoms with Crippen LogP contribution in [0.4, 0.5) is 0 Å². The van der Waals surface area contributed by atoms with Crippen molar-refractivity contribution in [2.75, 3.05) is 20.1 Å². The molecule has 1 aromatic heterocycles. The number of nitrogens with one attached hydrogen (secondary N) is 1. The van der Waals surface area contributed by atoms with Crippen molar-refractivity contribution in [3.8, 4) is 0 Å². The van der Waals surface area contributed by atoms with E-state index in [1.807, 2.05) is 10.9 Å². The normalized spacial score (nSPS) is 24.8. The summed E-state index contributed by atoms with van der Waals surface area (Å²) in [6.07, 6.45) is 6.62. The van der Waals surface area contributed by atoms with Crippen LogP contribution in [0, 0.1) is 0 Å². The number of rotatable bonds is 4. The third-order valence-electron chi connectivity index (χ3n) is 4.54. The highest BCUT2D eigenvalue weighted by Gasteiger charge is 2.44. The molecule has 7 heteroatoms. The third-order valence-corrected chi connectivity index (χ3v) is 4.54. The summed E-state index contributed by atoms with van der Waals surface area (Å²) in [4.78, 5) is 19.8. The molecule has 0 radical (unpaired) electrons. The lowest BCUT2D eigenvalue weighted by atomic mass is 9.88. The number of carbonyl (C=O) groups excluding carboxylic acids is 1. The van der Waals surface area contributed by atoms with E-state index in [4.69, 9.17) is 4.84 Å². The third kappa shape index (κ3) is 3.39. The molecule has 126 valence electrons. The molecular formula is C16H25N5O2. The molecule has 3 heterocycles. The molecule has 1 spiro atoms. The number of hydrogen-bond donors (Lipinski definition) is 1. The number of aromatic nitrogens is 2. The number of nitrogens with zero attached hydrogens (tertiary/aromatic N) is 4. The Balaban J connectivity index is 1.61. The van der Waals surface area contributed by atoms with E-state index in [2.05, 4.69) is 40.5 Å². The van der Waals surface area contributed by atoms with E-state index in [1.54, 1.807) is 7.05 Å². The standard InChI is InChI=1S/C16H25N5O2/c1-12(2)21-10-13(8-18-21)9-20-6-4-5-16(11-20)7-14(19-23-16)15(22)17-3/h8,10,12H,4-7,9,11H2,1-3H3,(H,17,22)/t16-/m0/s1. The van der Waals surface area contributed by atoms with Crippen LogP contribution in [0.5, 0.6) is 0 Å². The second-order valence-corrected chi connectivity index (χ2v) is 6.80. The predicted molar refractivity (Wildman–Crippen MR) is 87.1 cm³/mol. The summed E-state index contributed by atoms with van der Waals surface area (Å²) in [5.41, 5.74) is 1.37. The van der Waals surface area contributed by atoms with E-state index >= 15 is 0 Å². The van der Waals surface area contributed by atoms with Gasteiger partial charge in [0.25, 0.3) is 5.91 Å². The lowest BCUT2D eigenvalue weighted by Gasteiger charge is -2.38. The van der Waals surface area contributed by atoms with Crippen molar-refractivity contribution in [1.29, 1.82) is 0 Å². The topological polar surface area (TPSA) is 71.8 Å². The minimum Gasteiger partial charge on any atom is -0.387 e. The molecule has 3 rings (SSSR count). The Morgan fingerprint density at radius 2 is 2.35 bits per heavy atom. The largest absolute Gasteiger partial charge is 0.387 e. The molecule has 1 fully saturated rings. The molecule has 0 bridgehead atoms. The molecule has 1 atom stereocenters. The van der Waals surface area contributed by atoms with E-state index in [-0.39, 0.29) is 11.5 Å². The summed E-state index contributed by atoms with van der Waals surface area (Å²) in [6.45, 7) is 6.93. The SMILES string of the molecule is CNC(=O)C1=NO[C@@]2(CCCN(Cc3cnn(C(C)C)c3)C2)C1. The lowest BCUT2D eigenvalue weighted by Crippen LogP contribution is -2.48. The predicted octanol–water partition coefficient (Wildman–Crippen LogP) is 1.32. The van der Waals surface area contributed by atoms with Gasteiger partial charge in [0.05, 0.1) is 6.20 Å². The van der Waals surface area contributed by atoms with Gasteiger partial charge in [0.1, 0.15) is 5.71 Å². The molecule has 0 unspecified atom stereocenters. The molecule has 0 saturated carbocycles. The first-order valence-corrected chi connectivity index (χ1v) is 8.24. The number of carbonyl (C=O) groups is 1. The molecule has 1 N–H and O–H groups in total. The zero-order valence-corrected chi connectivity index (χ0v) is 14.1. The van der Waals surface area contributed by atoms with Crippen molar-refractivity contribution in [2.45, 2.75) is 51.3 Å². The van der Waals surface area contributed by atoms with Gasteiger partial charge in [0.2, 0.25) is 0 Å². The van der Waals surface area contributed by atoms with Crippen molar-refractivity contribution in [3.05, 3.63) is 18.0 Å². The summed E-state index contributed by atoms with van der Waals surface area (Å²) in [5, 5.41) is 11.0. The molecular weight excluding hydrogens is 294 g/mol. The first-order valence-electron chi connectivity index (χ1n) is 8.24. The average Bonchev–Trinajstić information content (AvgIpc) is 3.14. The van der Waals surface area contributed by atoms with E-state index in [0.717, 1.165) is 32.5 Å². The Hall–Kier alpha value is -1.89. The van der Waals surface area contributed by atoms with Gasteiger partial charge >= 0.3 is 0 Å². The zero-order valence-electron chi connectivity index (χ0n) is 14.1. The Morgan fingerprint density at radius 3 is 3.04 bits per heavy atom. The second kappa shape index (κ2) is 6.31. The van der Waals surface area contributed by atoms with Gasteiger partial charge in [0, 0.05) is 44.4 Å². The van der Waals surface area contributed by atoms with Crippen LogP contribution in [0.15, 0.2) is 17.5 Å². The molecule has 2 aliphatic heterocycles. The monoisotopic (exact) mass is 319 g/mol. The zero-order chi connectivity index (χ0) is 16.4. The van der Waals surface area contributed by atoms with Crippen LogP contribution in [-0.4, -0.2) is 52.0 Å². The van der Waals surface area contributed by atoms with Gasteiger partial charge in [-0.05, 0) is 33.2 Å². The lowest BCUT2D eigenvalue weighted by molar-refractivity contribution is -0.114. The molecule has 1 amide bonds. The van der Waals surface area contributed by atoms with Crippen molar-refractivity contribution < 1.29 is 9.63 Å². The maximum atomic E-state index is 11.7. The van der Waals surface area contributed by atoms with Gasteiger partial charge in [-0.25, -0.2) is 0 Å².